The Morgan fingerprint density at radius 1 is 1.44 bits per heavy atom. The van der Waals surface area contributed by atoms with E-state index in [1.165, 1.54) is 0 Å². The molecule has 18 heavy (non-hydrogen) atoms. The third kappa shape index (κ3) is 2.87. The van der Waals surface area contributed by atoms with E-state index in [2.05, 4.69) is 32.8 Å². The molecule has 0 spiro atoms. The number of anilines is 1. The van der Waals surface area contributed by atoms with E-state index in [0.717, 1.165) is 18.1 Å². The van der Waals surface area contributed by atoms with Crippen LogP contribution in [0.1, 0.15) is 18.5 Å². The van der Waals surface area contributed by atoms with Crippen molar-refractivity contribution in [1.29, 1.82) is 0 Å². The van der Waals surface area contributed by atoms with Crippen molar-refractivity contribution in [2.45, 2.75) is 13.0 Å². The summed E-state index contributed by atoms with van der Waals surface area (Å²) in [6, 6.07) is 4.21. The van der Waals surface area contributed by atoms with Crippen molar-refractivity contribution in [3.63, 3.8) is 0 Å². The number of imidazole rings is 1. The lowest BCUT2D eigenvalue weighted by molar-refractivity contribution is 0.210. The maximum Gasteiger partial charge on any atom is 0.203 e. The van der Waals surface area contributed by atoms with Crippen LogP contribution in [0.15, 0.2) is 36.9 Å². The first-order valence-corrected chi connectivity index (χ1v) is 5.98. The number of aromatic nitrogens is 3. The van der Waals surface area contributed by atoms with Crippen molar-refractivity contribution < 1.29 is 4.74 Å². The molecule has 2 heterocycles. The van der Waals surface area contributed by atoms with Crippen LogP contribution < -0.4 is 5.32 Å². The second-order valence-corrected chi connectivity index (χ2v) is 4.04. The van der Waals surface area contributed by atoms with Gasteiger partial charge in [-0.15, -0.1) is 0 Å². The molecule has 0 aliphatic carbocycles. The number of hydrogen-bond acceptors (Lipinski definition) is 4. The summed E-state index contributed by atoms with van der Waals surface area (Å²) in [6.45, 7) is 3.53. The van der Waals surface area contributed by atoms with Crippen LogP contribution in [0.2, 0.25) is 0 Å². The first-order chi connectivity index (χ1) is 8.83. The molecule has 1 unspecified atom stereocenters. The van der Waals surface area contributed by atoms with Gasteiger partial charge in [-0.25, -0.2) is 4.98 Å². The highest BCUT2D eigenvalue weighted by molar-refractivity contribution is 5.29. The van der Waals surface area contributed by atoms with Gasteiger partial charge in [-0.05, 0) is 18.6 Å². The van der Waals surface area contributed by atoms with Crippen molar-refractivity contribution in [3.05, 3.63) is 42.5 Å². The molecular formula is C13H18N4O. The molecule has 0 bridgehead atoms. The lowest BCUT2D eigenvalue weighted by Crippen LogP contribution is -2.15. The van der Waals surface area contributed by atoms with Crippen LogP contribution >= 0.6 is 0 Å². The zero-order chi connectivity index (χ0) is 12.8. The third-order valence-corrected chi connectivity index (χ3v) is 2.84. The summed E-state index contributed by atoms with van der Waals surface area (Å²) in [5.41, 5.74) is 1.16. The van der Waals surface area contributed by atoms with Gasteiger partial charge in [-0.3, -0.25) is 4.98 Å². The SMILES string of the molecule is COCCNc1nccn1C(C)c1cccnc1. The average Bonchev–Trinajstić information content (AvgIpc) is 2.88. The third-order valence-electron chi connectivity index (χ3n) is 2.84. The minimum absolute atomic E-state index is 0.200. The molecule has 96 valence electrons. The normalized spacial score (nSPS) is 12.3. The van der Waals surface area contributed by atoms with Gasteiger partial charge >= 0.3 is 0 Å². The summed E-state index contributed by atoms with van der Waals surface area (Å²) >= 11 is 0. The maximum atomic E-state index is 5.02. The number of rotatable bonds is 6. The highest BCUT2D eigenvalue weighted by atomic mass is 16.5. The van der Waals surface area contributed by atoms with Gasteiger partial charge in [-0.1, -0.05) is 6.07 Å². The van der Waals surface area contributed by atoms with Crippen molar-refractivity contribution >= 4 is 5.95 Å². The van der Waals surface area contributed by atoms with Gasteiger partial charge in [0.05, 0.1) is 12.6 Å². The number of nitrogens with zero attached hydrogens (tertiary/aromatic N) is 3. The average molecular weight is 246 g/mol. The van der Waals surface area contributed by atoms with Crippen LogP contribution in [0.5, 0.6) is 0 Å². The summed E-state index contributed by atoms with van der Waals surface area (Å²) in [6.07, 6.45) is 7.42. The van der Waals surface area contributed by atoms with Gasteiger partial charge in [0, 0.05) is 38.4 Å². The molecule has 1 N–H and O–H groups in total. The van der Waals surface area contributed by atoms with Crippen LogP contribution in [0.3, 0.4) is 0 Å². The highest BCUT2D eigenvalue weighted by Crippen LogP contribution is 2.20. The molecule has 0 saturated carbocycles. The number of methoxy groups -OCH3 is 1. The molecule has 2 aromatic rings. The Bertz CT molecular complexity index is 469. The van der Waals surface area contributed by atoms with Crippen molar-refractivity contribution in [1.82, 2.24) is 14.5 Å². The predicted octanol–water partition coefficient (Wildman–Crippen LogP) is 1.95. The number of nitrogens with one attached hydrogen (secondary N) is 1. The Hall–Kier alpha value is -1.88. The van der Waals surface area contributed by atoms with E-state index in [-0.39, 0.29) is 6.04 Å². The van der Waals surface area contributed by atoms with E-state index >= 15 is 0 Å². The fourth-order valence-corrected chi connectivity index (χ4v) is 1.81. The molecule has 0 amide bonds. The van der Waals surface area contributed by atoms with E-state index in [4.69, 9.17) is 4.74 Å². The van der Waals surface area contributed by atoms with Crippen LogP contribution in [0, 0.1) is 0 Å². The highest BCUT2D eigenvalue weighted by Gasteiger charge is 2.11. The van der Waals surface area contributed by atoms with Gasteiger partial charge in [0.25, 0.3) is 0 Å². The molecule has 0 aliphatic rings. The molecule has 0 fully saturated rings. The Morgan fingerprint density at radius 2 is 2.33 bits per heavy atom. The first-order valence-electron chi connectivity index (χ1n) is 5.98. The summed E-state index contributed by atoms with van der Waals surface area (Å²) in [5, 5.41) is 3.25. The molecule has 5 heteroatoms. The summed E-state index contributed by atoms with van der Waals surface area (Å²) in [7, 11) is 1.69. The Labute approximate surface area is 107 Å². The molecule has 5 nitrogen and oxygen atoms in total. The van der Waals surface area contributed by atoms with E-state index in [1.807, 2.05) is 18.5 Å². The number of ether oxygens (including phenoxy) is 1. The first kappa shape index (κ1) is 12.6. The predicted molar refractivity (Wildman–Crippen MR) is 70.6 cm³/mol. The second-order valence-electron chi connectivity index (χ2n) is 4.04. The van der Waals surface area contributed by atoms with Crippen molar-refractivity contribution in [2.24, 2.45) is 0 Å². The van der Waals surface area contributed by atoms with E-state index in [1.54, 1.807) is 19.5 Å². The second kappa shape index (κ2) is 6.16. The van der Waals surface area contributed by atoms with Crippen LogP contribution in [0.4, 0.5) is 5.95 Å². The van der Waals surface area contributed by atoms with Gasteiger partial charge < -0.3 is 14.6 Å². The van der Waals surface area contributed by atoms with E-state index in [0.29, 0.717) is 6.61 Å². The van der Waals surface area contributed by atoms with Crippen molar-refractivity contribution in [3.8, 4) is 0 Å². The number of pyridine rings is 1. The van der Waals surface area contributed by atoms with Crippen LogP contribution in [-0.4, -0.2) is 34.8 Å². The molecule has 0 radical (unpaired) electrons. The molecule has 2 aromatic heterocycles. The number of hydrogen-bond donors (Lipinski definition) is 1. The van der Waals surface area contributed by atoms with Crippen molar-refractivity contribution in [2.75, 3.05) is 25.6 Å². The summed E-state index contributed by atoms with van der Waals surface area (Å²) in [4.78, 5) is 8.46. The molecule has 0 aromatic carbocycles. The monoisotopic (exact) mass is 246 g/mol. The molecule has 0 saturated heterocycles. The topological polar surface area (TPSA) is 52.0 Å². The Balaban J connectivity index is 2.11. The zero-order valence-corrected chi connectivity index (χ0v) is 10.7. The van der Waals surface area contributed by atoms with E-state index in [9.17, 15) is 0 Å². The fourth-order valence-electron chi connectivity index (χ4n) is 1.81. The molecule has 0 aliphatic heterocycles. The lowest BCUT2D eigenvalue weighted by atomic mass is 10.1. The minimum atomic E-state index is 0.200. The largest absolute Gasteiger partial charge is 0.383 e. The van der Waals surface area contributed by atoms with Gasteiger partial charge in [-0.2, -0.15) is 0 Å². The van der Waals surface area contributed by atoms with Gasteiger partial charge in [0.1, 0.15) is 0 Å². The Morgan fingerprint density at radius 3 is 3.06 bits per heavy atom. The fraction of sp³-hybridized carbons (Fsp3) is 0.385. The molecular weight excluding hydrogens is 228 g/mol. The summed E-state index contributed by atoms with van der Waals surface area (Å²) in [5.74, 6) is 0.850. The standard InChI is InChI=1S/C13H18N4O/c1-11(12-4-3-5-14-10-12)17-8-6-15-13(17)16-7-9-18-2/h3-6,8,10-11H,7,9H2,1-2H3,(H,15,16). The lowest BCUT2D eigenvalue weighted by Gasteiger charge is -2.17. The molecule has 1 atom stereocenters. The van der Waals surface area contributed by atoms with Crippen LogP contribution in [-0.2, 0) is 4.74 Å². The van der Waals surface area contributed by atoms with Crippen LogP contribution in [0.25, 0.3) is 0 Å². The Kier molecular flexibility index (Phi) is 4.30. The van der Waals surface area contributed by atoms with E-state index < -0.39 is 0 Å². The maximum absolute atomic E-state index is 5.02. The minimum Gasteiger partial charge on any atom is -0.383 e. The zero-order valence-electron chi connectivity index (χ0n) is 10.7. The van der Waals surface area contributed by atoms with Gasteiger partial charge in [0.15, 0.2) is 0 Å². The summed E-state index contributed by atoms with van der Waals surface area (Å²) < 4.78 is 7.11. The van der Waals surface area contributed by atoms with Gasteiger partial charge in [0.2, 0.25) is 5.95 Å². The quantitative estimate of drug-likeness (QED) is 0.791. The molecule has 2 rings (SSSR count). The smallest absolute Gasteiger partial charge is 0.203 e.